The van der Waals surface area contributed by atoms with Crippen LogP contribution in [0.2, 0.25) is 0 Å². The monoisotopic (exact) mass is 210 g/mol. The van der Waals surface area contributed by atoms with Gasteiger partial charge in [-0.15, -0.1) is 0 Å². The Bertz CT molecular complexity index is 364. The molecule has 1 amide bonds. The molecule has 0 radical (unpaired) electrons. The summed E-state index contributed by atoms with van der Waals surface area (Å²) in [4.78, 5) is 11.6. The van der Waals surface area contributed by atoms with Crippen LogP contribution in [0.15, 0.2) is 18.2 Å². The first kappa shape index (κ1) is 11.5. The second kappa shape index (κ2) is 4.77. The van der Waals surface area contributed by atoms with Gasteiger partial charge in [0.05, 0.1) is 5.56 Å². The van der Waals surface area contributed by atoms with Crippen LogP contribution in [0.25, 0.3) is 0 Å². The van der Waals surface area contributed by atoms with Crippen LogP contribution < -0.4 is 11.1 Å². The molecule has 0 fully saturated rings. The van der Waals surface area contributed by atoms with E-state index in [1.54, 1.807) is 0 Å². The molecule has 0 aromatic heterocycles. The summed E-state index contributed by atoms with van der Waals surface area (Å²) in [6.07, 6.45) is 0. The van der Waals surface area contributed by atoms with Crippen LogP contribution in [0.3, 0.4) is 0 Å². The molecule has 0 bridgehead atoms. The summed E-state index contributed by atoms with van der Waals surface area (Å²) >= 11 is 0. The van der Waals surface area contributed by atoms with Gasteiger partial charge in [0.15, 0.2) is 0 Å². The third-order valence-corrected chi connectivity index (χ3v) is 1.93. The number of benzene rings is 1. The lowest BCUT2D eigenvalue weighted by Crippen LogP contribution is -2.28. The molecule has 0 saturated carbocycles. The molecule has 0 aliphatic heterocycles. The van der Waals surface area contributed by atoms with Gasteiger partial charge in [0.1, 0.15) is 5.82 Å². The van der Waals surface area contributed by atoms with Crippen molar-refractivity contribution in [2.45, 2.75) is 13.8 Å². The highest BCUT2D eigenvalue weighted by Crippen LogP contribution is 2.13. The first-order chi connectivity index (χ1) is 7.00. The molecule has 82 valence electrons. The van der Waals surface area contributed by atoms with Gasteiger partial charge in [-0.25, -0.2) is 4.39 Å². The molecular formula is C11H15FN2O. The topological polar surface area (TPSA) is 55.1 Å². The molecule has 0 atom stereocenters. The number of amides is 1. The van der Waals surface area contributed by atoms with Crippen molar-refractivity contribution in [1.29, 1.82) is 0 Å². The quantitative estimate of drug-likeness (QED) is 0.747. The van der Waals surface area contributed by atoms with E-state index in [0.717, 1.165) is 6.07 Å². The van der Waals surface area contributed by atoms with Gasteiger partial charge in [-0.2, -0.15) is 0 Å². The van der Waals surface area contributed by atoms with Crippen LogP contribution in [0.4, 0.5) is 10.1 Å². The van der Waals surface area contributed by atoms with E-state index >= 15 is 0 Å². The number of carbonyl (C=O) groups excluding carboxylic acids is 1. The van der Waals surface area contributed by atoms with Gasteiger partial charge in [-0.1, -0.05) is 13.8 Å². The Balaban J connectivity index is 2.77. The SMILES string of the molecule is CC(C)CNC(=O)c1cc(F)ccc1N. The van der Waals surface area contributed by atoms with E-state index in [-0.39, 0.29) is 17.2 Å². The summed E-state index contributed by atoms with van der Waals surface area (Å²) < 4.78 is 12.9. The molecule has 3 nitrogen and oxygen atoms in total. The summed E-state index contributed by atoms with van der Waals surface area (Å²) in [5.74, 6) is -0.441. The largest absolute Gasteiger partial charge is 0.398 e. The molecule has 3 N–H and O–H groups in total. The van der Waals surface area contributed by atoms with Gasteiger partial charge in [-0.3, -0.25) is 4.79 Å². The summed E-state index contributed by atoms with van der Waals surface area (Å²) in [6.45, 7) is 4.51. The van der Waals surface area contributed by atoms with Crippen LogP contribution >= 0.6 is 0 Å². The summed E-state index contributed by atoms with van der Waals surface area (Å²) in [6, 6.07) is 3.76. The molecular weight excluding hydrogens is 195 g/mol. The van der Waals surface area contributed by atoms with Crippen LogP contribution in [0, 0.1) is 11.7 Å². The predicted molar refractivity (Wildman–Crippen MR) is 58.0 cm³/mol. The Morgan fingerprint density at radius 1 is 1.53 bits per heavy atom. The summed E-state index contributed by atoms with van der Waals surface area (Å²) in [5, 5.41) is 2.68. The van der Waals surface area contributed by atoms with Gasteiger partial charge < -0.3 is 11.1 Å². The maximum atomic E-state index is 12.9. The van der Waals surface area contributed by atoms with Crippen molar-refractivity contribution in [2.75, 3.05) is 12.3 Å². The molecule has 0 saturated heterocycles. The highest BCUT2D eigenvalue weighted by atomic mass is 19.1. The molecule has 1 aromatic rings. The van der Waals surface area contributed by atoms with E-state index in [2.05, 4.69) is 5.32 Å². The van der Waals surface area contributed by atoms with E-state index in [9.17, 15) is 9.18 Å². The van der Waals surface area contributed by atoms with Crippen molar-refractivity contribution >= 4 is 11.6 Å². The standard InChI is InChI=1S/C11H15FN2O/c1-7(2)6-14-11(15)9-5-8(12)3-4-10(9)13/h3-5,7H,6,13H2,1-2H3,(H,14,15). The number of carbonyl (C=O) groups is 1. The molecule has 0 aliphatic carbocycles. The number of rotatable bonds is 3. The highest BCUT2D eigenvalue weighted by Gasteiger charge is 2.10. The Labute approximate surface area is 88.5 Å². The third-order valence-electron chi connectivity index (χ3n) is 1.93. The van der Waals surface area contributed by atoms with Crippen LogP contribution in [-0.2, 0) is 0 Å². The summed E-state index contributed by atoms with van der Waals surface area (Å²) in [7, 11) is 0. The van der Waals surface area contributed by atoms with Crippen molar-refractivity contribution in [2.24, 2.45) is 5.92 Å². The van der Waals surface area contributed by atoms with Crippen molar-refractivity contribution < 1.29 is 9.18 Å². The average molecular weight is 210 g/mol. The van der Waals surface area contributed by atoms with E-state index in [0.29, 0.717) is 12.5 Å². The number of nitrogens with one attached hydrogen (secondary N) is 1. The normalized spacial score (nSPS) is 10.4. The number of halogens is 1. The molecule has 4 heteroatoms. The van der Waals surface area contributed by atoms with Crippen LogP contribution in [-0.4, -0.2) is 12.5 Å². The van der Waals surface area contributed by atoms with Crippen molar-refractivity contribution in [3.05, 3.63) is 29.6 Å². The Morgan fingerprint density at radius 2 is 2.20 bits per heavy atom. The zero-order valence-electron chi connectivity index (χ0n) is 8.88. The zero-order chi connectivity index (χ0) is 11.4. The Hall–Kier alpha value is -1.58. The van der Waals surface area contributed by atoms with Gasteiger partial charge in [0, 0.05) is 12.2 Å². The minimum atomic E-state index is -0.459. The van der Waals surface area contributed by atoms with E-state index < -0.39 is 5.82 Å². The second-order valence-electron chi connectivity index (χ2n) is 3.84. The highest BCUT2D eigenvalue weighted by molar-refractivity contribution is 5.99. The molecule has 1 rings (SSSR count). The fourth-order valence-corrected chi connectivity index (χ4v) is 1.12. The number of nitrogen functional groups attached to an aromatic ring is 1. The van der Waals surface area contributed by atoms with E-state index in [4.69, 9.17) is 5.73 Å². The van der Waals surface area contributed by atoms with Gasteiger partial charge in [0.2, 0.25) is 0 Å². The first-order valence-electron chi connectivity index (χ1n) is 4.84. The number of hydrogen-bond donors (Lipinski definition) is 2. The predicted octanol–water partition coefficient (Wildman–Crippen LogP) is 1.79. The van der Waals surface area contributed by atoms with E-state index in [1.165, 1.54) is 12.1 Å². The molecule has 0 unspecified atom stereocenters. The lowest BCUT2D eigenvalue weighted by Gasteiger charge is -2.09. The fraction of sp³-hybridized carbons (Fsp3) is 0.364. The Kier molecular flexibility index (Phi) is 3.66. The maximum Gasteiger partial charge on any atom is 0.253 e. The molecule has 0 heterocycles. The van der Waals surface area contributed by atoms with Gasteiger partial charge in [-0.05, 0) is 24.1 Å². The molecule has 1 aromatic carbocycles. The fourth-order valence-electron chi connectivity index (χ4n) is 1.12. The number of nitrogens with two attached hydrogens (primary N) is 1. The number of hydrogen-bond acceptors (Lipinski definition) is 2. The lowest BCUT2D eigenvalue weighted by molar-refractivity contribution is 0.0949. The van der Waals surface area contributed by atoms with Crippen molar-refractivity contribution in [1.82, 2.24) is 5.32 Å². The summed E-state index contributed by atoms with van der Waals surface area (Å²) in [5.41, 5.74) is 6.05. The zero-order valence-corrected chi connectivity index (χ0v) is 8.88. The van der Waals surface area contributed by atoms with Crippen LogP contribution in [0.1, 0.15) is 24.2 Å². The lowest BCUT2D eigenvalue weighted by atomic mass is 10.1. The molecule has 15 heavy (non-hydrogen) atoms. The smallest absolute Gasteiger partial charge is 0.253 e. The molecule has 0 aliphatic rings. The minimum Gasteiger partial charge on any atom is -0.398 e. The minimum absolute atomic E-state index is 0.190. The molecule has 0 spiro atoms. The number of anilines is 1. The van der Waals surface area contributed by atoms with Gasteiger partial charge >= 0.3 is 0 Å². The third kappa shape index (κ3) is 3.23. The second-order valence-corrected chi connectivity index (χ2v) is 3.84. The Morgan fingerprint density at radius 3 is 2.80 bits per heavy atom. The van der Waals surface area contributed by atoms with Crippen LogP contribution in [0.5, 0.6) is 0 Å². The van der Waals surface area contributed by atoms with E-state index in [1.807, 2.05) is 13.8 Å². The van der Waals surface area contributed by atoms with Crippen molar-refractivity contribution in [3.63, 3.8) is 0 Å². The first-order valence-corrected chi connectivity index (χ1v) is 4.84. The van der Waals surface area contributed by atoms with Gasteiger partial charge in [0.25, 0.3) is 5.91 Å². The van der Waals surface area contributed by atoms with Crippen molar-refractivity contribution in [3.8, 4) is 0 Å². The average Bonchev–Trinajstić information content (AvgIpc) is 2.18. The maximum absolute atomic E-state index is 12.9.